The molecule has 1 aromatic carbocycles. The maximum absolute atomic E-state index is 12.8. The van der Waals surface area contributed by atoms with Crippen molar-refractivity contribution in [3.05, 3.63) is 35.9 Å². The van der Waals surface area contributed by atoms with Crippen molar-refractivity contribution in [2.24, 2.45) is 11.3 Å². The molecule has 2 rings (SSSR count). The molecule has 1 unspecified atom stereocenters. The Labute approximate surface area is 145 Å². The molecule has 1 heterocycles. The van der Waals surface area contributed by atoms with Crippen LogP contribution in [0.2, 0.25) is 0 Å². The molecule has 1 aliphatic heterocycles. The van der Waals surface area contributed by atoms with Crippen LogP contribution < -0.4 is 0 Å². The van der Waals surface area contributed by atoms with Crippen molar-refractivity contribution < 1.29 is 9.59 Å². The van der Waals surface area contributed by atoms with Crippen LogP contribution in [0.15, 0.2) is 30.3 Å². The maximum Gasteiger partial charge on any atom is 0.227 e. The third-order valence-electron chi connectivity index (χ3n) is 4.98. The van der Waals surface area contributed by atoms with Crippen LogP contribution in [-0.4, -0.2) is 41.8 Å². The van der Waals surface area contributed by atoms with E-state index in [4.69, 9.17) is 0 Å². The Morgan fingerprint density at radius 3 is 2.17 bits per heavy atom. The van der Waals surface area contributed by atoms with Gasteiger partial charge in [0.15, 0.2) is 0 Å². The van der Waals surface area contributed by atoms with E-state index in [2.05, 4.69) is 19.1 Å². The lowest BCUT2D eigenvalue weighted by Gasteiger charge is -2.37. The maximum atomic E-state index is 12.8. The summed E-state index contributed by atoms with van der Waals surface area (Å²) >= 11 is 0. The van der Waals surface area contributed by atoms with Gasteiger partial charge in [0.25, 0.3) is 0 Å². The molecule has 24 heavy (non-hydrogen) atoms. The number of nitrogens with zero attached hydrogens (tertiary/aromatic N) is 2. The van der Waals surface area contributed by atoms with Crippen LogP contribution in [0.5, 0.6) is 0 Å². The number of hydrogen-bond acceptors (Lipinski definition) is 2. The van der Waals surface area contributed by atoms with Gasteiger partial charge >= 0.3 is 0 Å². The summed E-state index contributed by atoms with van der Waals surface area (Å²) < 4.78 is 0. The predicted octanol–water partition coefficient (Wildman–Crippen LogP) is 3.49. The fourth-order valence-corrected chi connectivity index (χ4v) is 3.24. The average molecular weight is 330 g/mol. The van der Waals surface area contributed by atoms with Crippen LogP contribution in [0.25, 0.3) is 0 Å². The normalized spacial score (nSPS) is 17.5. The third-order valence-corrected chi connectivity index (χ3v) is 4.98. The highest BCUT2D eigenvalue weighted by molar-refractivity contribution is 5.82. The fourth-order valence-electron chi connectivity index (χ4n) is 3.24. The smallest absolute Gasteiger partial charge is 0.227 e. The summed E-state index contributed by atoms with van der Waals surface area (Å²) in [6, 6.07) is 10.2. The minimum atomic E-state index is -0.352. The van der Waals surface area contributed by atoms with Gasteiger partial charge in [0.2, 0.25) is 11.8 Å². The van der Waals surface area contributed by atoms with Gasteiger partial charge in [-0.2, -0.15) is 0 Å². The number of rotatable bonds is 3. The molecule has 1 saturated heterocycles. The minimum Gasteiger partial charge on any atom is -0.342 e. The molecule has 0 bridgehead atoms. The molecule has 0 saturated carbocycles. The lowest BCUT2D eigenvalue weighted by molar-refractivity contribution is -0.145. The summed E-state index contributed by atoms with van der Waals surface area (Å²) in [5.41, 5.74) is 0.795. The number of benzene rings is 1. The standard InChI is InChI=1S/C20H30N2O2/c1-15(16-9-7-6-8-10-16)21(5)18(23)17-11-13-22(14-12-17)19(24)20(2,3)4/h6-10,15,17H,11-14H2,1-5H3. The first kappa shape index (κ1) is 18.5. The van der Waals surface area contributed by atoms with Gasteiger partial charge in [-0.3, -0.25) is 9.59 Å². The van der Waals surface area contributed by atoms with Crippen LogP contribution in [0, 0.1) is 11.3 Å². The number of carbonyl (C=O) groups is 2. The zero-order valence-corrected chi connectivity index (χ0v) is 15.6. The highest BCUT2D eigenvalue weighted by Gasteiger charge is 2.34. The van der Waals surface area contributed by atoms with E-state index in [0.29, 0.717) is 13.1 Å². The lowest BCUT2D eigenvalue weighted by atomic mass is 9.90. The molecule has 4 heteroatoms. The quantitative estimate of drug-likeness (QED) is 0.851. The van der Waals surface area contributed by atoms with Crippen LogP contribution in [0.3, 0.4) is 0 Å². The molecule has 1 fully saturated rings. The Kier molecular flexibility index (Phi) is 5.68. The van der Waals surface area contributed by atoms with Gasteiger partial charge in [-0.05, 0) is 25.3 Å². The highest BCUT2D eigenvalue weighted by Crippen LogP contribution is 2.27. The second-order valence-corrected chi connectivity index (χ2v) is 7.85. The number of piperidine rings is 1. The Morgan fingerprint density at radius 2 is 1.67 bits per heavy atom. The van der Waals surface area contributed by atoms with Gasteiger partial charge < -0.3 is 9.80 Å². The summed E-state index contributed by atoms with van der Waals surface area (Å²) in [4.78, 5) is 28.9. The van der Waals surface area contributed by atoms with E-state index in [-0.39, 0.29) is 29.2 Å². The van der Waals surface area contributed by atoms with Crippen molar-refractivity contribution in [2.75, 3.05) is 20.1 Å². The molecule has 0 spiro atoms. The molecule has 4 nitrogen and oxygen atoms in total. The molecular formula is C20H30N2O2. The van der Waals surface area contributed by atoms with Crippen LogP contribution >= 0.6 is 0 Å². The summed E-state index contributed by atoms with van der Waals surface area (Å²) in [5.74, 6) is 0.388. The fraction of sp³-hybridized carbons (Fsp3) is 0.600. The van der Waals surface area contributed by atoms with Gasteiger partial charge in [-0.1, -0.05) is 51.1 Å². The average Bonchev–Trinajstić information content (AvgIpc) is 2.59. The first-order valence-electron chi connectivity index (χ1n) is 8.83. The third kappa shape index (κ3) is 4.16. The SMILES string of the molecule is CC(c1ccccc1)N(C)C(=O)C1CCN(C(=O)C(C)(C)C)CC1. The van der Waals surface area contributed by atoms with Crippen molar-refractivity contribution in [3.8, 4) is 0 Å². The van der Waals surface area contributed by atoms with Gasteiger partial charge in [-0.25, -0.2) is 0 Å². The predicted molar refractivity (Wildman–Crippen MR) is 96.4 cm³/mol. The first-order valence-corrected chi connectivity index (χ1v) is 8.83. The Bertz CT molecular complexity index is 569. The molecule has 132 valence electrons. The summed E-state index contributed by atoms with van der Waals surface area (Å²) in [7, 11) is 1.88. The summed E-state index contributed by atoms with van der Waals surface area (Å²) in [6.45, 7) is 9.26. The molecule has 0 aliphatic carbocycles. The number of amides is 2. The van der Waals surface area contributed by atoms with Crippen molar-refractivity contribution in [1.82, 2.24) is 9.80 Å². The van der Waals surface area contributed by atoms with E-state index in [9.17, 15) is 9.59 Å². The second-order valence-electron chi connectivity index (χ2n) is 7.85. The van der Waals surface area contributed by atoms with Gasteiger partial charge in [0.05, 0.1) is 6.04 Å². The Balaban J connectivity index is 1.94. The van der Waals surface area contributed by atoms with Crippen molar-refractivity contribution in [1.29, 1.82) is 0 Å². The van der Waals surface area contributed by atoms with Crippen molar-refractivity contribution >= 4 is 11.8 Å². The Morgan fingerprint density at radius 1 is 1.12 bits per heavy atom. The summed E-state index contributed by atoms with van der Waals surface area (Å²) in [5, 5.41) is 0. The van der Waals surface area contributed by atoms with Crippen LogP contribution in [0.4, 0.5) is 0 Å². The molecule has 0 aromatic heterocycles. The van der Waals surface area contributed by atoms with Crippen LogP contribution in [-0.2, 0) is 9.59 Å². The van der Waals surface area contributed by atoms with Crippen molar-refractivity contribution in [3.63, 3.8) is 0 Å². The first-order chi connectivity index (χ1) is 11.2. The van der Waals surface area contributed by atoms with E-state index < -0.39 is 0 Å². The molecule has 0 N–H and O–H groups in total. The van der Waals surface area contributed by atoms with E-state index in [0.717, 1.165) is 18.4 Å². The highest BCUT2D eigenvalue weighted by atomic mass is 16.2. The molecular weight excluding hydrogens is 300 g/mol. The summed E-state index contributed by atoms with van der Waals surface area (Å²) in [6.07, 6.45) is 1.51. The van der Waals surface area contributed by atoms with Crippen LogP contribution in [0.1, 0.15) is 52.1 Å². The van der Waals surface area contributed by atoms with Crippen molar-refractivity contribution in [2.45, 2.75) is 46.6 Å². The topological polar surface area (TPSA) is 40.6 Å². The Hall–Kier alpha value is -1.84. The number of hydrogen-bond donors (Lipinski definition) is 0. The zero-order valence-electron chi connectivity index (χ0n) is 15.6. The van der Waals surface area contributed by atoms with E-state index in [1.54, 1.807) is 0 Å². The molecule has 1 atom stereocenters. The zero-order chi connectivity index (χ0) is 17.9. The molecule has 2 amide bonds. The largest absolute Gasteiger partial charge is 0.342 e. The van der Waals surface area contributed by atoms with E-state index >= 15 is 0 Å². The minimum absolute atomic E-state index is 0.0187. The van der Waals surface area contributed by atoms with Gasteiger partial charge in [0, 0.05) is 31.5 Å². The van der Waals surface area contributed by atoms with E-state index in [1.807, 2.05) is 55.8 Å². The second kappa shape index (κ2) is 7.37. The van der Waals surface area contributed by atoms with Gasteiger partial charge in [-0.15, -0.1) is 0 Å². The van der Waals surface area contributed by atoms with Gasteiger partial charge in [0.1, 0.15) is 0 Å². The number of carbonyl (C=O) groups excluding carboxylic acids is 2. The number of likely N-dealkylation sites (tertiary alicyclic amines) is 1. The molecule has 0 radical (unpaired) electrons. The van der Waals surface area contributed by atoms with E-state index in [1.165, 1.54) is 0 Å². The molecule has 1 aliphatic rings. The lowest BCUT2D eigenvalue weighted by Crippen LogP contribution is -2.47. The monoisotopic (exact) mass is 330 g/mol. The molecule has 1 aromatic rings.